The van der Waals surface area contributed by atoms with Crippen molar-refractivity contribution in [1.82, 2.24) is 5.32 Å². The first-order valence-electron chi connectivity index (χ1n) is 7.89. The SMILES string of the molecule is CCNCc1ccccc1NC(=O)C(C)c1cccc(OC)c1. The number of amides is 1. The highest BCUT2D eigenvalue weighted by Crippen LogP contribution is 2.23. The molecule has 0 aromatic heterocycles. The van der Waals surface area contributed by atoms with E-state index in [1.807, 2.05) is 55.5 Å². The molecule has 4 heteroatoms. The zero-order chi connectivity index (χ0) is 16.7. The molecule has 0 bridgehead atoms. The summed E-state index contributed by atoms with van der Waals surface area (Å²) in [5.41, 5.74) is 2.87. The van der Waals surface area contributed by atoms with Crippen molar-refractivity contribution in [3.63, 3.8) is 0 Å². The third-order valence-corrected chi connectivity index (χ3v) is 3.83. The van der Waals surface area contributed by atoms with Crippen LogP contribution in [-0.2, 0) is 11.3 Å². The Morgan fingerprint density at radius 3 is 2.70 bits per heavy atom. The fraction of sp³-hybridized carbons (Fsp3) is 0.316. The molecule has 0 saturated carbocycles. The lowest BCUT2D eigenvalue weighted by Crippen LogP contribution is -2.21. The van der Waals surface area contributed by atoms with Crippen LogP contribution >= 0.6 is 0 Å². The van der Waals surface area contributed by atoms with Crippen LogP contribution in [0.4, 0.5) is 5.69 Å². The normalized spacial score (nSPS) is 11.8. The molecule has 1 amide bonds. The molecule has 2 N–H and O–H groups in total. The smallest absolute Gasteiger partial charge is 0.231 e. The van der Waals surface area contributed by atoms with E-state index < -0.39 is 0 Å². The Hall–Kier alpha value is -2.33. The number of methoxy groups -OCH3 is 1. The molecule has 2 aromatic rings. The lowest BCUT2D eigenvalue weighted by atomic mass is 9.99. The van der Waals surface area contributed by atoms with Crippen molar-refractivity contribution in [3.8, 4) is 5.75 Å². The molecule has 4 nitrogen and oxygen atoms in total. The van der Waals surface area contributed by atoms with Gasteiger partial charge in [0.25, 0.3) is 0 Å². The maximum absolute atomic E-state index is 12.6. The molecule has 0 saturated heterocycles. The summed E-state index contributed by atoms with van der Waals surface area (Å²) in [6.07, 6.45) is 0. The van der Waals surface area contributed by atoms with E-state index in [2.05, 4.69) is 17.6 Å². The topological polar surface area (TPSA) is 50.4 Å². The largest absolute Gasteiger partial charge is 0.497 e. The van der Waals surface area contributed by atoms with Gasteiger partial charge in [0.2, 0.25) is 5.91 Å². The van der Waals surface area contributed by atoms with Crippen LogP contribution in [0.1, 0.15) is 30.9 Å². The van der Waals surface area contributed by atoms with Gasteiger partial charge in [-0.2, -0.15) is 0 Å². The molecule has 122 valence electrons. The van der Waals surface area contributed by atoms with Gasteiger partial charge in [0.05, 0.1) is 13.0 Å². The number of nitrogens with one attached hydrogen (secondary N) is 2. The zero-order valence-corrected chi connectivity index (χ0v) is 13.9. The van der Waals surface area contributed by atoms with E-state index in [9.17, 15) is 4.79 Å². The number of carbonyl (C=O) groups is 1. The summed E-state index contributed by atoms with van der Waals surface area (Å²) >= 11 is 0. The number of anilines is 1. The standard InChI is InChI=1S/C19H24N2O2/c1-4-20-13-16-8-5-6-11-18(16)21-19(22)14(2)15-9-7-10-17(12-15)23-3/h5-12,14,20H,4,13H2,1-3H3,(H,21,22). The van der Waals surface area contributed by atoms with Crippen molar-refractivity contribution >= 4 is 11.6 Å². The Morgan fingerprint density at radius 1 is 1.17 bits per heavy atom. The minimum atomic E-state index is -0.253. The minimum absolute atomic E-state index is 0.0257. The summed E-state index contributed by atoms with van der Waals surface area (Å²) in [5, 5.41) is 6.32. The Kier molecular flexibility index (Phi) is 6.18. The lowest BCUT2D eigenvalue weighted by Gasteiger charge is -2.16. The lowest BCUT2D eigenvalue weighted by molar-refractivity contribution is -0.117. The number of hydrogen-bond acceptors (Lipinski definition) is 3. The van der Waals surface area contributed by atoms with Crippen LogP contribution in [0.3, 0.4) is 0 Å². The van der Waals surface area contributed by atoms with Crippen molar-refractivity contribution in [1.29, 1.82) is 0 Å². The van der Waals surface area contributed by atoms with E-state index >= 15 is 0 Å². The summed E-state index contributed by atoms with van der Waals surface area (Å²) < 4.78 is 5.23. The van der Waals surface area contributed by atoms with Crippen LogP contribution in [-0.4, -0.2) is 19.6 Å². The van der Waals surface area contributed by atoms with E-state index in [1.165, 1.54) is 0 Å². The van der Waals surface area contributed by atoms with E-state index in [-0.39, 0.29) is 11.8 Å². The number of hydrogen-bond donors (Lipinski definition) is 2. The molecular weight excluding hydrogens is 288 g/mol. The van der Waals surface area contributed by atoms with Crippen LogP contribution in [0.25, 0.3) is 0 Å². The Morgan fingerprint density at radius 2 is 1.96 bits per heavy atom. The number of para-hydroxylation sites is 1. The number of ether oxygens (including phenoxy) is 1. The van der Waals surface area contributed by atoms with E-state index in [1.54, 1.807) is 7.11 Å². The van der Waals surface area contributed by atoms with Crippen LogP contribution in [0.15, 0.2) is 48.5 Å². The summed E-state index contributed by atoms with van der Waals surface area (Å²) in [7, 11) is 1.63. The van der Waals surface area contributed by atoms with Crippen molar-refractivity contribution in [2.75, 3.05) is 19.0 Å². The van der Waals surface area contributed by atoms with Crippen molar-refractivity contribution < 1.29 is 9.53 Å². The first kappa shape index (κ1) is 17.0. The summed E-state index contributed by atoms with van der Waals surface area (Å²) in [6, 6.07) is 15.5. The molecule has 2 rings (SSSR count). The van der Waals surface area contributed by atoms with E-state index in [4.69, 9.17) is 4.74 Å². The Labute approximate surface area is 137 Å². The third-order valence-electron chi connectivity index (χ3n) is 3.83. The van der Waals surface area contributed by atoms with Gasteiger partial charge in [0, 0.05) is 12.2 Å². The second-order valence-electron chi connectivity index (χ2n) is 5.43. The molecular formula is C19H24N2O2. The molecule has 2 aromatic carbocycles. The molecule has 0 fully saturated rings. The summed E-state index contributed by atoms with van der Waals surface area (Å²) in [6.45, 7) is 5.59. The summed E-state index contributed by atoms with van der Waals surface area (Å²) in [4.78, 5) is 12.6. The molecule has 1 unspecified atom stereocenters. The van der Waals surface area contributed by atoms with Gasteiger partial charge in [-0.3, -0.25) is 4.79 Å². The van der Waals surface area contributed by atoms with E-state index in [0.29, 0.717) is 0 Å². The Balaban J connectivity index is 2.12. The quantitative estimate of drug-likeness (QED) is 0.822. The van der Waals surface area contributed by atoms with Gasteiger partial charge in [-0.05, 0) is 42.8 Å². The van der Waals surface area contributed by atoms with Crippen molar-refractivity contribution in [3.05, 3.63) is 59.7 Å². The molecule has 0 aliphatic rings. The predicted molar refractivity (Wildman–Crippen MR) is 93.9 cm³/mol. The first-order chi connectivity index (χ1) is 11.2. The first-order valence-corrected chi connectivity index (χ1v) is 7.89. The molecule has 23 heavy (non-hydrogen) atoms. The van der Waals surface area contributed by atoms with Crippen molar-refractivity contribution in [2.24, 2.45) is 0 Å². The van der Waals surface area contributed by atoms with Gasteiger partial charge >= 0.3 is 0 Å². The minimum Gasteiger partial charge on any atom is -0.497 e. The highest BCUT2D eigenvalue weighted by atomic mass is 16.5. The van der Waals surface area contributed by atoms with Gasteiger partial charge in [-0.15, -0.1) is 0 Å². The molecule has 0 heterocycles. The Bertz CT molecular complexity index is 655. The van der Waals surface area contributed by atoms with Crippen molar-refractivity contribution in [2.45, 2.75) is 26.3 Å². The number of benzene rings is 2. The monoisotopic (exact) mass is 312 g/mol. The van der Waals surface area contributed by atoms with Gasteiger partial charge in [-0.25, -0.2) is 0 Å². The average Bonchev–Trinajstić information content (AvgIpc) is 2.60. The predicted octanol–water partition coefficient (Wildman–Crippen LogP) is 3.55. The fourth-order valence-electron chi connectivity index (χ4n) is 2.36. The molecule has 0 aliphatic heterocycles. The molecule has 0 aliphatic carbocycles. The van der Waals surface area contributed by atoms with Crippen LogP contribution in [0, 0.1) is 0 Å². The molecule has 0 radical (unpaired) electrons. The maximum atomic E-state index is 12.6. The highest BCUT2D eigenvalue weighted by Gasteiger charge is 2.17. The number of rotatable bonds is 7. The van der Waals surface area contributed by atoms with Crippen LogP contribution in [0.2, 0.25) is 0 Å². The molecule has 1 atom stereocenters. The average molecular weight is 312 g/mol. The van der Waals surface area contributed by atoms with Crippen LogP contribution < -0.4 is 15.4 Å². The van der Waals surface area contributed by atoms with Gasteiger partial charge in [0.1, 0.15) is 5.75 Å². The zero-order valence-electron chi connectivity index (χ0n) is 13.9. The molecule has 0 spiro atoms. The van der Waals surface area contributed by atoms with E-state index in [0.717, 1.165) is 35.7 Å². The maximum Gasteiger partial charge on any atom is 0.231 e. The second-order valence-corrected chi connectivity index (χ2v) is 5.43. The second kappa shape index (κ2) is 8.34. The van der Waals surface area contributed by atoms with Crippen LogP contribution in [0.5, 0.6) is 5.75 Å². The third kappa shape index (κ3) is 4.57. The highest BCUT2D eigenvalue weighted by molar-refractivity contribution is 5.96. The number of carbonyl (C=O) groups excluding carboxylic acids is 1. The summed E-state index contributed by atoms with van der Waals surface area (Å²) in [5.74, 6) is 0.481. The van der Waals surface area contributed by atoms with Gasteiger partial charge in [-0.1, -0.05) is 37.3 Å². The van der Waals surface area contributed by atoms with Gasteiger partial charge in [0.15, 0.2) is 0 Å². The fourth-order valence-corrected chi connectivity index (χ4v) is 2.36. The van der Waals surface area contributed by atoms with Gasteiger partial charge < -0.3 is 15.4 Å².